The topological polar surface area (TPSA) is 83.4 Å². The quantitative estimate of drug-likeness (QED) is 0.753. The Balaban J connectivity index is 2.58. The predicted octanol–water partition coefficient (Wildman–Crippen LogP) is 3.35. The highest BCUT2D eigenvalue weighted by atomic mass is 16.6. The van der Waals surface area contributed by atoms with E-state index in [1.165, 1.54) is 0 Å². The molecule has 6 heteroatoms. The van der Waals surface area contributed by atoms with E-state index >= 15 is 0 Å². The van der Waals surface area contributed by atoms with Gasteiger partial charge < -0.3 is 20.1 Å². The molecule has 0 saturated heterocycles. The van der Waals surface area contributed by atoms with Gasteiger partial charge in [0.05, 0.1) is 12.7 Å². The molecule has 0 radical (unpaired) electrons. The zero-order valence-electron chi connectivity index (χ0n) is 15.8. The van der Waals surface area contributed by atoms with Crippen LogP contribution in [0.5, 0.6) is 5.75 Å². The third-order valence-electron chi connectivity index (χ3n) is 3.51. The van der Waals surface area contributed by atoms with Crippen LogP contribution < -0.4 is 15.4 Å². The van der Waals surface area contributed by atoms with Crippen LogP contribution in [0.1, 0.15) is 51.7 Å². The number of ether oxygens (including phenoxy) is 2. The van der Waals surface area contributed by atoms with E-state index in [1.807, 2.05) is 32.9 Å². The van der Waals surface area contributed by atoms with E-state index in [4.69, 9.17) is 14.7 Å². The number of nitriles is 1. The molecule has 1 aromatic carbocycles. The molecule has 0 heterocycles. The molecular formula is C19H29N3O3. The Morgan fingerprint density at radius 2 is 2.08 bits per heavy atom. The zero-order chi connectivity index (χ0) is 18.9. The number of benzene rings is 1. The van der Waals surface area contributed by atoms with Crippen LogP contribution in [0.4, 0.5) is 4.79 Å². The van der Waals surface area contributed by atoms with Crippen molar-refractivity contribution in [2.45, 2.75) is 58.7 Å². The van der Waals surface area contributed by atoms with Crippen molar-refractivity contribution in [1.82, 2.24) is 10.6 Å². The number of carbonyl (C=O) groups is 1. The SMILES string of the molecule is CCCC(CNC(=O)OC(C)(C)C)NCc1ccc(OC)c(C#N)c1. The molecule has 2 N–H and O–H groups in total. The highest BCUT2D eigenvalue weighted by molar-refractivity contribution is 5.67. The summed E-state index contributed by atoms with van der Waals surface area (Å²) in [5.41, 5.74) is 1.01. The summed E-state index contributed by atoms with van der Waals surface area (Å²) in [6, 6.07) is 7.80. The van der Waals surface area contributed by atoms with Gasteiger partial charge in [0.2, 0.25) is 0 Å². The first-order valence-electron chi connectivity index (χ1n) is 8.56. The lowest BCUT2D eigenvalue weighted by molar-refractivity contribution is 0.0521. The van der Waals surface area contributed by atoms with Gasteiger partial charge in [-0.2, -0.15) is 5.26 Å². The lowest BCUT2D eigenvalue weighted by Crippen LogP contribution is -2.42. The van der Waals surface area contributed by atoms with Crippen molar-refractivity contribution >= 4 is 6.09 Å². The molecule has 1 aromatic rings. The maximum Gasteiger partial charge on any atom is 0.407 e. The fourth-order valence-electron chi connectivity index (χ4n) is 2.36. The fraction of sp³-hybridized carbons (Fsp3) is 0.579. The van der Waals surface area contributed by atoms with Crippen LogP contribution in [-0.2, 0) is 11.3 Å². The number of rotatable bonds is 8. The van der Waals surface area contributed by atoms with Gasteiger partial charge in [0, 0.05) is 19.1 Å². The Kier molecular flexibility index (Phi) is 8.23. The molecule has 1 rings (SSSR count). The summed E-state index contributed by atoms with van der Waals surface area (Å²) < 4.78 is 10.4. The Bertz CT molecular complexity index is 603. The van der Waals surface area contributed by atoms with Crippen LogP contribution in [0, 0.1) is 11.3 Å². The van der Waals surface area contributed by atoms with E-state index in [0.717, 1.165) is 18.4 Å². The monoisotopic (exact) mass is 347 g/mol. The van der Waals surface area contributed by atoms with Gasteiger partial charge in [0.15, 0.2) is 0 Å². The Morgan fingerprint density at radius 3 is 2.64 bits per heavy atom. The highest BCUT2D eigenvalue weighted by Crippen LogP contribution is 2.18. The summed E-state index contributed by atoms with van der Waals surface area (Å²) in [6.07, 6.45) is 1.52. The van der Waals surface area contributed by atoms with Crippen molar-refractivity contribution < 1.29 is 14.3 Å². The van der Waals surface area contributed by atoms with Crippen LogP contribution in [0.25, 0.3) is 0 Å². The van der Waals surface area contributed by atoms with Gasteiger partial charge in [-0.15, -0.1) is 0 Å². The second-order valence-corrected chi connectivity index (χ2v) is 6.90. The third kappa shape index (κ3) is 7.90. The molecule has 6 nitrogen and oxygen atoms in total. The summed E-state index contributed by atoms with van der Waals surface area (Å²) in [5.74, 6) is 0.572. The molecule has 0 fully saturated rings. The maximum absolute atomic E-state index is 11.8. The van der Waals surface area contributed by atoms with Crippen LogP contribution in [0.15, 0.2) is 18.2 Å². The summed E-state index contributed by atoms with van der Waals surface area (Å²) in [5, 5.41) is 15.4. The van der Waals surface area contributed by atoms with E-state index in [9.17, 15) is 4.79 Å². The number of amides is 1. The lowest BCUT2D eigenvalue weighted by atomic mass is 10.1. The van der Waals surface area contributed by atoms with Gasteiger partial charge in [-0.3, -0.25) is 0 Å². The average molecular weight is 347 g/mol. The van der Waals surface area contributed by atoms with Gasteiger partial charge in [-0.05, 0) is 44.9 Å². The second kappa shape index (κ2) is 9.90. The number of methoxy groups -OCH3 is 1. The van der Waals surface area contributed by atoms with Crippen LogP contribution >= 0.6 is 0 Å². The first kappa shape index (κ1) is 20.8. The van der Waals surface area contributed by atoms with Crippen molar-refractivity contribution in [3.8, 4) is 11.8 Å². The summed E-state index contributed by atoms with van der Waals surface area (Å²) in [6.45, 7) is 8.72. The molecular weight excluding hydrogens is 318 g/mol. The predicted molar refractivity (Wildman–Crippen MR) is 97.5 cm³/mol. The first-order valence-corrected chi connectivity index (χ1v) is 8.56. The van der Waals surface area contributed by atoms with Crippen LogP contribution in [-0.4, -0.2) is 31.4 Å². The molecule has 1 atom stereocenters. The molecule has 0 aliphatic carbocycles. The molecule has 0 aromatic heterocycles. The Hall–Kier alpha value is -2.26. The fourth-order valence-corrected chi connectivity index (χ4v) is 2.36. The van der Waals surface area contributed by atoms with Gasteiger partial charge >= 0.3 is 6.09 Å². The number of hydrogen-bond acceptors (Lipinski definition) is 5. The number of hydrogen-bond donors (Lipinski definition) is 2. The van der Waals surface area contributed by atoms with Gasteiger partial charge in [-0.25, -0.2) is 4.79 Å². The van der Waals surface area contributed by atoms with Crippen LogP contribution in [0.3, 0.4) is 0 Å². The van der Waals surface area contributed by atoms with Crippen molar-refractivity contribution in [3.05, 3.63) is 29.3 Å². The lowest BCUT2D eigenvalue weighted by Gasteiger charge is -2.22. The highest BCUT2D eigenvalue weighted by Gasteiger charge is 2.17. The number of carbonyl (C=O) groups excluding carboxylic acids is 1. The maximum atomic E-state index is 11.8. The minimum absolute atomic E-state index is 0.130. The van der Waals surface area contributed by atoms with E-state index in [-0.39, 0.29) is 6.04 Å². The molecule has 1 amide bonds. The van der Waals surface area contributed by atoms with Crippen molar-refractivity contribution in [2.24, 2.45) is 0 Å². The largest absolute Gasteiger partial charge is 0.495 e. The molecule has 0 saturated carbocycles. The van der Waals surface area contributed by atoms with Gasteiger partial charge in [-0.1, -0.05) is 19.4 Å². The Morgan fingerprint density at radius 1 is 1.36 bits per heavy atom. The molecule has 25 heavy (non-hydrogen) atoms. The Labute approximate surface area is 150 Å². The standard InChI is InChI=1S/C19H29N3O3/c1-6-7-16(13-22-18(23)25-19(2,3)4)21-12-14-8-9-17(24-5)15(10-14)11-20/h8-10,16,21H,6-7,12-13H2,1-5H3,(H,22,23). The minimum Gasteiger partial charge on any atom is -0.495 e. The smallest absolute Gasteiger partial charge is 0.407 e. The van der Waals surface area contributed by atoms with E-state index in [0.29, 0.717) is 24.4 Å². The normalized spacial score (nSPS) is 12.2. The molecule has 0 spiro atoms. The van der Waals surface area contributed by atoms with Crippen LogP contribution in [0.2, 0.25) is 0 Å². The number of alkyl carbamates (subject to hydrolysis) is 1. The first-order chi connectivity index (χ1) is 11.8. The van der Waals surface area contributed by atoms with E-state index < -0.39 is 11.7 Å². The van der Waals surface area contributed by atoms with Crippen molar-refractivity contribution in [3.63, 3.8) is 0 Å². The van der Waals surface area contributed by atoms with E-state index in [1.54, 1.807) is 13.2 Å². The molecule has 138 valence electrons. The number of nitrogens with one attached hydrogen (secondary N) is 2. The summed E-state index contributed by atoms with van der Waals surface area (Å²) in [4.78, 5) is 11.8. The molecule has 1 unspecified atom stereocenters. The van der Waals surface area contributed by atoms with Gasteiger partial charge in [0.25, 0.3) is 0 Å². The summed E-state index contributed by atoms with van der Waals surface area (Å²) in [7, 11) is 1.55. The zero-order valence-corrected chi connectivity index (χ0v) is 15.8. The average Bonchev–Trinajstić information content (AvgIpc) is 2.55. The minimum atomic E-state index is -0.505. The number of nitrogens with zero attached hydrogens (tertiary/aromatic N) is 1. The molecule has 0 bridgehead atoms. The second-order valence-electron chi connectivity index (χ2n) is 6.90. The third-order valence-corrected chi connectivity index (χ3v) is 3.51. The summed E-state index contributed by atoms with van der Waals surface area (Å²) >= 11 is 0. The molecule has 0 aliphatic heterocycles. The molecule has 0 aliphatic rings. The van der Waals surface area contributed by atoms with E-state index in [2.05, 4.69) is 23.6 Å². The van der Waals surface area contributed by atoms with Crippen molar-refractivity contribution in [2.75, 3.05) is 13.7 Å². The van der Waals surface area contributed by atoms with Gasteiger partial charge in [0.1, 0.15) is 17.4 Å². The van der Waals surface area contributed by atoms with Crippen molar-refractivity contribution in [1.29, 1.82) is 5.26 Å².